The summed E-state index contributed by atoms with van der Waals surface area (Å²) < 4.78 is 5.86. The Labute approximate surface area is 244 Å². The van der Waals surface area contributed by atoms with E-state index >= 15 is 0 Å². The minimum atomic E-state index is 0.0818. The van der Waals surface area contributed by atoms with Crippen molar-refractivity contribution in [2.75, 3.05) is 26.3 Å². The number of hydrogen-bond acceptors (Lipinski definition) is 4. The summed E-state index contributed by atoms with van der Waals surface area (Å²) in [6, 6.07) is 0. The first kappa shape index (κ1) is 36.4. The Kier molecular flexibility index (Phi) is 23.5. The van der Waals surface area contributed by atoms with Crippen molar-refractivity contribution < 1.29 is 14.6 Å². The molecule has 232 valence electrons. The van der Waals surface area contributed by atoms with Gasteiger partial charge in [0.2, 0.25) is 0 Å². The Morgan fingerprint density at radius 1 is 0.718 bits per heavy atom. The van der Waals surface area contributed by atoms with Crippen molar-refractivity contribution in [3.63, 3.8) is 0 Å². The highest BCUT2D eigenvalue weighted by molar-refractivity contribution is 5.72. The molecular weight excluding hydrogens is 482 g/mol. The summed E-state index contributed by atoms with van der Waals surface area (Å²) in [4.78, 5) is 15.7. The Morgan fingerprint density at radius 2 is 1.26 bits per heavy atom. The molecular formula is C35H69NO3. The molecule has 1 aliphatic rings. The number of ether oxygens (including phenoxy) is 1. The lowest BCUT2D eigenvalue weighted by Crippen LogP contribution is -2.44. The number of hydrogen-bond donors (Lipinski definition) is 1. The summed E-state index contributed by atoms with van der Waals surface area (Å²) >= 11 is 0. The smallest absolute Gasteiger partial charge is 0.308 e. The van der Waals surface area contributed by atoms with E-state index in [0.29, 0.717) is 18.8 Å². The molecule has 0 aromatic heterocycles. The van der Waals surface area contributed by atoms with Crippen LogP contribution in [-0.2, 0) is 9.53 Å². The average Bonchev–Trinajstić information content (AvgIpc) is 3.34. The molecule has 1 rings (SSSR count). The topological polar surface area (TPSA) is 49.8 Å². The second kappa shape index (κ2) is 25.1. The van der Waals surface area contributed by atoms with Crippen molar-refractivity contribution in [3.8, 4) is 0 Å². The molecule has 0 spiro atoms. The van der Waals surface area contributed by atoms with Gasteiger partial charge in [0, 0.05) is 12.1 Å². The summed E-state index contributed by atoms with van der Waals surface area (Å²) in [5.41, 5.74) is 0.376. The summed E-state index contributed by atoms with van der Waals surface area (Å²) in [7, 11) is 0. The number of rotatable bonds is 28. The molecule has 0 bridgehead atoms. The van der Waals surface area contributed by atoms with E-state index in [1.165, 1.54) is 129 Å². The molecule has 1 fully saturated rings. The van der Waals surface area contributed by atoms with Crippen LogP contribution >= 0.6 is 0 Å². The van der Waals surface area contributed by atoms with Crippen LogP contribution in [0, 0.1) is 5.92 Å². The molecule has 2 unspecified atom stereocenters. The van der Waals surface area contributed by atoms with Gasteiger partial charge < -0.3 is 9.84 Å². The van der Waals surface area contributed by atoms with E-state index < -0.39 is 0 Å². The standard InChI is InChI=1S/C35H69NO3/c1-4-7-10-13-14-17-25-33(24-16-11-8-5-2)34(38)39-32-22-15-19-27-35(26-18-12-9-6-3)28-23-30-36(35)29-20-21-31-37/h33,37H,4-32H2,1-3H3. The van der Waals surface area contributed by atoms with Crippen molar-refractivity contribution in [3.05, 3.63) is 0 Å². The maximum absolute atomic E-state index is 13.0. The molecule has 0 aromatic rings. The van der Waals surface area contributed by atoms with Crippen LogP contribution in [0.4, 0.5) is 0 Å². The molecule has 0 radical (unpaired) electrons. The summed E-state index contributed by atoms with van der Waals surface area (Å²) in [5, 5.41) is 9.26. The van der Waals surface area contributed by atoms with E-state index in [1.807, 2.05) is 0 Å². The van der Waals surface area contributed by atoms with Crippen LogP contribution in [0.3, 0.4) is 0 Å². The maximum atomic E-state index is 13.0. The minimum absolute atomic E-state index is 0.0818. The summed E-state index contributed by atoms with van der Waals surface area (Å²) in [5.74, 6) is 0.198. The molecule has 0 aromatic carbocycles. The third-order valence-corrected chi connectivity index (χ3v) is 9.25. The monoisotopic (exact) mass is 552 g/mol. The van der Waals surface area contributed by atoms with E-state index in [2.05, 4.69) is 25.7 Å². The van der Waals surface area contributed by atoms with Crippen molar-refractivity contribution in [2.45, 2.75) is 187 Å². The van der Waals surface area contributed by atoms with Crippen LogP contribution in [-0.4, -0.2) is 47.8 Å². The third-order valence-electron chi connectivity index (χ3n) is 9.25. The third kappa shape index (κ3) is 17.1. The van der Waals surface area contributed by atoms with E-state index in [-0.39, 0.29) is 11.9 Å². The molecule has 4 heteroatoms. The maximum Gasteiger partial charge on any atom is 0.308 e. The predicted octanol–water partition coefficient (Wildman–Crippen LogP) is 10.0. The zero-order valence-corrected chi connectivity index (χ0v) is 26.8. The zero-order chi connectivity index (χ0) is 28.4. The van der Waals surface area contributed by atoms with Gasteiger partial charge in [0.25, 0.3) is 0 Å². The molecule has 0 saturated carbocycles. The normalized spacial score (nSPS) is 18.6. The molecule has 1 saturated heterocycles. The van der Waals surface area contributed by atoms with Crippen LogP contribution in [0.2, 0.25) is 0 Å². The number of carbonyl (C=O) groups is 1. The minimum Gasteiger partial charge on any atom is -0.465 e. The lowest BCUT2D eigenvalue weighted by atomic mass is 9.84. The lowest BCUT2D eigenvalue weighted by molar-refractivity contribution is -0.149. The number of aliphatic hydroxyl groups excluding tert-OH is 1. The van der Waals surface area contributed by atoms with Gasteiger partial charge in [0.1, 0.15) is 0 Å². The predicted molar refractivity (Wildman–Crippen MR) is 168 cm³/mol. The lowest BCUT2D eigenvalue weighted by Gasteiger charge is -2.39. The van der Waals surface area contributed by atoms with Gasteiger partial charge in [-0.15, -0.1) is 0 Å². The van der Waals surface area contributed by atoms with Crippen LogP contribution in [0.1, 0.15) is 181 Å². The second-order valence-electron chi connectivity index (χ2n) is 12.6. The first-order valence-corrected chi connectivity index (χ1v) is 17.7. The van der Waals surface area contributed by atoms with Gasteiger partial charge >= 0.3 is 5.97 Å². The molecule has 2 atom stereocenters. The van der Waals surface area contributed by atoms with Crippen molar-refractivity contribution >= 4 is 5.97 Å². The van der Waals surface area contributed by atoms with Crippen LogP contribution < -0.4 is 0 Å². The Morgan fingerprint density at radius 3 is 1.87 bits per heavy atom. The Balaban J connectivity index is 2.43. The largest absolute Gasteiger partial charge is 0.465 e. The Bertz CT molecular complexity index is 554. The van der Waals surface area contributed by atoms with Crippen molar-refractivity contribution in [1.29, 1.82) is 0 Å². The van der Waals surface area contributed by atoms with Gasteiger partial charge in [0.15, 0.2) is 0 Å². The van der Waals surface area contributed by atoms with Crippen molar-refractivity contribution in [2.24, 2.45) is 5.92 Å². The fourth-order valence-electron chi connectivity index (χ4n) is 6.72. The van der Waals surface area contributed by atoms with E-state index in [9.17, 15) is 9.90 Å². The van der Waals surface area contributed by atoms with Gasteiger partial charge in [-0.1, -0.05) is 117 Å². The number of nitrogens with zero attached hydrogens (tertiary/aromatic N) is 1. The second-order valence-corrected chi connectivity index (χ2v) is 12.6. The van der Waals surface area contributed by atoms with E-state index in [0.717, 1.165) is 45.1 Å². The highest BCUT2D eigenvalue weighted by atomic mass is 16.5. The fourth-order valence-corrected chi connectivity index (χ4v) is 6.72. The van der Waals surface area contributed by atoms with Gasteiger partial charge in [-0.3, -0.25) is 9.69 Å². The van der Waals surface area contributed by atoms with Crippen LogP contribution in [0.5, 0.6) is 0 Å². The van der Waals surface area contributed by atoms with Crippen LogP contribution in [0.15, 0.2) is 0 Å². The molecule has 1 heterocycles. The summed E-state index contributed by atoms with van der Waals surface area (Å²) in [6.45, 7) is 10.1. The SMILES string of the molecule is CCCCCCCCC(CCCCCC)C(=O)OCCCCCC1(CCCCCC)CCCN1CCCCO. The Hall–Kier alpha value is -0.610. The highest BCUT2D eigenvalue weighted by Gasteiger charge is 2.39. The first-order chi connectivity index (χ1) is 19.1. The average molecular weight is 552 g/mol. The quantitative estimate of drug-likeness (QED) is 0.0776. The zero-order valence-electron chi connectivity index (χ0n) is 26.8. The van der Waals surface area contributed by atoms with Crippen molar-refractivity contribution in [1.82, 2.24) is 4.90 Å². The van der Waals surface area contributed by atoms with Gasteiger partial charge in [-0.25, -0.2) is 0 Å². The van der Waals surface area contributed by atoms with E-state index in [4.69, 9.17) is 4.74 Å². The van der Waals surface area contributed by atoms with E-state index in [1.54, 1.807) is 0 Å². The van der Waals surface area contributed by atoms with Gasteiger partial charge in [-0.05, 0) is 77.3 Å². The van der Waals surface area contributed by atoms with Gasteiger partial charge in [-0.2, -0.15) is 0 Å². The molecule has 0 amide bonds. The summed E-state index contributed by atoms with van der Waals surface area (Å²) in [6.07, 6.45) is 30.7. The van der Waals surface area contributed by atoms with Crippen LogP contribution in [0.25, 0.3) is 0 Å². The number of likely N-dealkylation sites (tertiary alicyclic amines) is 1. The van der Waals surface area contributed by atoms with Gasteiger partial charge in [0.05, 0.1) is 12.5 Å². The molecule has 39 heavy (non-hydrogen) atoms. The molecule has 4 nitrogen and oxygen atoms in total. The fraction of sp³-hybridized carbons (Fsp3) is 0.971. The number of aliphatic hydroxyl groups is 1. The molecule has 1 N–H and O–H groups in total. The molecule has 1 aliphatic heterocycles. The number of unbranched alkanes of at least 4 members (excludes halogenated alkanes) is 14. The molecule has 0 aliphatic carbocycles. The highest BCUT2D eigenvalue weighted by Crippen LogP contribution is 2.39. The number of esters is 1. The number of carbonyl (C=O) groups excluding carboxylic acids is 1. The first-order valence-electron chi connectivity index (χ1n) is 17.7.